The van der Waals surface area contributed by atoms with Crippen LogP contribution < -0.4 is 0 Å². The summed E-state index contributed by atoms with van der Waals surface area (Å²) < 4.78 is 0. The monoisotopic (exact) mass is 518 g/mol. The summed E-state index contributed by atoms with van der Waals surface area (Å²) in [5.41, 5.74) is 0. The van der Waals surface area contributed by atoms with Crippen LogP contribution in [0.2, 0.25) is 0 Å². The Bertz CT molecular complexity index is 3.25. The third-order valence-electron chi connectivity index (χ3n) is 0. The van der Waals surface area contributed by atoms with E-state index in [0.717, 1.165) is 0 Å². The quantitative estimate of drug-likeness (QED) is 0.360. The molecule has 0 heterocycles. The molecule has 0 spiro atoms. The van der Waals surface area contributed by atoms with Crippen molar-refractivity contribution in [1.29, 1.82) is 0 Å². The molecule has 0 aromatic heterocycles. The first kappa shape index (κ1) is 25.2. The second-order valence-electron chi connectivity index (χ2n) is 0. The molecule has 0 bridgehead atoms. The summed E-state index contributed by atoms with van der Waals surface area (Å²) in [6.07, 6.45) is 0. The predicted molar refractivity (Wildman–Crippen MR) is 17.3 cm³/mol. The SMILES string of the molecule is [Gd].[Sn].[Sn].[Sn]. The van der Waals surface area contributed by atoms with Gasteiger partial charge in [-0.05, 0) is 0 Å². The van der Waals surface area contributed by atoms with Crippen LogP contribution in [0.5, 0.6) is 0 Å². The van der Waals surface area contributed by atoms with Gasteiger partial charge in [-0.15, -0.1) is 0 Å². The van der Waals surface area contributed by atoms with Crippen LogP contribution in [-0.4, -0.2) is 71.7 Å². The minimum Gasteiger partial charge on any atom is 0 e. The molecule has 0 unspecified atom stereocenters. The van der Waals surface area contributed by atoms with E-state index in [1.807, 2.05) is 0 Å². The molecule has 0 saturated heterocycles. The third-order valence-corrected chi connectivity index (χ3v) is 0. The van der Waals surface area contributed by atoms with Crippen LogP contribution in [0.4, 0.5) is 0 Å². The molecule has 0 aromatic rings. The van der Waals surface area contributed by atoms with Crippen molar-refractivity contribution in [1.82, 2.24) is 0 Å². The number of rotatable bonds is 0. The summed E-state index contributed by atoms with van der Waals surface area (Å²) in [5, 5.41) is 0. The van der Waals surface area contributed by atoms with Crippen molar-refractivity contribution in [3.05, 3.63) is 0 Å². The van der Waals surface area contributed by atoms with Crippen LogP contribution in [0, 0.1) is 39.9 Å². The van der Waals surface area contributed by atoms with Gasteiger partial charge >= 0.3 is 0 Å². The minimum atomic E-state index is 0. The van der Waals surface area contributed by atoms with E-state index in [-0.39, 0.29) is 112 Å². The van der Waals surface area contributed by atoms with E-state index >= 15 is 0 Å². The fourth-order valence-corrected chi connectivity index (χ4v) is 0. The molecule has 4 heteroatoms. The Morgan fingerprint density at radius 1 is 0.500 bits per heavy atom. The summed E-state index contributed by atoms with van der Waals surface area (Å²) in [7, 11) is 0. The molecule has 0 aliphatic rings. The van der Waals surface area contributed by atoms with E-state index in [9.17, 15) is 0 Å². The first-order valence-corrected chi connectivity index (χ1v) is 0. The molecule has 0 fully saturated rings. The Balaban J connectivity index is 0. The predicted octanol–water partition coefficient (Wildman–Crippen LogP) is -1.14. The first-order valence-electron chi connectivity index (χ1n) is 0. The van der Waals surface area contributed by atoms with Gasteiger partial charge < -0.3 is 0 Å². The van der Waals surface area contributed by atoms with Crippen LogP contribution in [0.3, 0.4) is 0 Å². The molecule has 0 aliphatic carbocycles. The van der Waals surface area contributed by atoms with Gasteiger partial charge in [0.2, 0.25) is 0 Å². The van der Waals surface area contributed by atoms with Crippen molar-refractivity contribution in [3.63, 3.8) is 0 Å². The minimum absolute atomic E-state index is 0. The molecule has 20 valence electrons. The summed E-state index contributed by atoms with van der Waals surface area (Å²) >= 11 is 0. The summed E-state index contributed by atoms with van der Waals surface area (Å²) in [5.74, 6) is 0. The summed E-state index contributed by atoms with van der Waals surface area (Å²) in [4.78, 5) is 0. The van der Waals surface area contributed by atoms with Crippen molar-refractivity contribution in [3.8, 4) is 0 Å². The first-order chi connectivity index (χ1) is 0. The van der Waals surface area contributed by atoms with E-state index < -0.39 is 0 Å². The van der Waals surface area contributed by atoms with Crippen molar-refractivity contribution in [2.75, 3.05) is 0 Å². The van der Waals surface area contributed by atoms with Crippen molar-refractivity contribution in [2.24, 2.45) is 0 Å². The van der Waals surface area contributed by atoms with Crippen molar-refractivity contribution >= 4 is 71.7 Å². The topological polar surface area (TPSA) is 0 Å². The Morgan fingerprint density at radius 2 is 0.500 bits per heavy atom. The fraction of sp³-hybridized carbons (Fsp3) is 0. The van der Waals surface area contributed by atoms with Gasteiger partial charge in [0.1, 0.15) is 0 Å². The maximum atomic E-state index is 0. The maximum absolute atomic E-state index is 0. The molecular weight excluding hydrogens is 513 g/mol. The van der Waals surface area contributed by atoms with Gasteiger partial charge in [-0.1, -0.05) is 0 Å². The average Bonchev–Trinajstić information content (AvgIpc) is 0. The van der Waals surface area contributed by atoms with E-state index in [2.05, 4.69) is 0 Å². The van der Waals surface area contributed by atoms with Crippen LogP contribution in [0.25, 0.3) is 0 Å². The molecule has 12 radical (unpaired) electrons. The molecule has 0 aliphatic heterocycles. The molecule has 0 nitrogen and oxygen atoms in total. The zero-order valence-electron chi connectivity index (χ0n) is 1.85. The van der Waals surface area contributed by atoms with E-state index in [0.29, 0.717) is 0 Å². The van der Waals surface area contributed by atoms with Crippen LogP contribution >= 0.6 is 0 Å². The maximum Gasteiger partial charge on any atom is 0 e. The van der Waals surface area contributed by atoms with Gasteiger partial charge in [0.25, 0.3) is 0 Å². The molecule has 0 N–H and O–H groups in total. The zero-order valence-corrected chi connectivity index (χ0v) is 12.7. The average molecular weight is 513 g/mol. The molecule has 4 heavy (non-hydrogen) atoms. The van der Waals surface area contributed by atoms with Crippen molar-refractivity contribution < 1.29 is 39.9 Å². The Hall–Kier alpha value is 3.72. The smallest absolute Gasteiger partial charge is 0 e. The molecular formula is GdSn3. The van der Waals surface area contributed by atoms with E-state index in [1.54, 1.807) is 0 Å². The van der Waals surface area contributed by atoms with Gasteiger partial charge in [0.15, 0.2) is 0 Å². The van der Waals surface area contributed by atoms with Gasteiger partial charge in [0, 0.05) is 112 Å². The Kier molecular flexibility index (Phi) is 100. The zero-order chi connectivity index (χ0) is 0. The number of hydrogen-bond donors (Lipinski definition) is 0. The molecule has 0 aromatic carbocycles. The fourth-order valence-electron chi connectivity index (χ4n) is 0. The molecule has 0 atom stereocenters. The summed E-state index contributed by atoms with van der Waals surface area (Å²) in [6, 6.07) is 0. The number of hydrogen-bond acceptors (Lipinski definition) is 0. The van der Waals surface area contributed by atoms with Crippen molar-refractivity contribution in [2.45, 2.75) is 0 Å². The van der Waals surface area contributed by atoms with Crippen LogP contribution in [0.1, 0.15) is 0 Å². The molecule has 0 saturated carbocycles. The summed E-state index contributed by atoms with van der Waals surface area (Å²) in [6.45, 7) is 0. The standard InChI is InChI=1S/Gd.3Sn. The second kappa shape index (κ2) is 15.9. The van der Waals surface area contributed by atoms with Gasteiger partial charge in [0.05, 0.1) is 0 Å². The molecule has 0 rings (SSSR count). The Morgan fingerprint density at radius 3 is 0.500 bits per heavy atom. The Labute approximate surface area is 109 Å². The third kappa shape index (κ3) is 9.21. The van der Waals surface area contributed by atoms with E-state index in [1.165, 1.54) is 0 Å². The van der Waals surface area contributed by atoms with Gasteiger partial charge in [-0.25, -0.2) is 0 Å². The van der Waals surface area contributed by atoms with E-state index in [4.69, 9.17) is 0 Å². The van der Waals surface area contributed by atoms with Gasteiger partial charge in [-0.3, -0.25) is 0 Å². The second-order valence-corrected chi connectivity index (χ2v) is 0. The normalized spacial score (nSPS) is 0. The van der Waals surface area contributed by atoms with Crippen LogP contribution in [0.15, 0.2) is 0 Å². The largest absolute Gasteiger partial charge is 0 e. The van der Waals surface area contributed by atoms with Crippen LogP contribution in [-0.2, 0) is 0 Å². The van der Waals surface area contributed by atoms with Gasteiger partial charge in [-0.2, -0.15) is 0 Å². The molecule has 0 amide bonds.